The van der Waals surface area contributed by atoms with Crippen LogP contribution in [0.1, 0.15) is 37.3 Å². The predicted octanol–water partition coefficient (Wildman–Crippen LogP) is 2.71. The minimum absolute atomic E-state index is 0.0904. The Bertz CT molecular complexity index is 554. The van der Waals surface area contributed by atoms with Crippen molar-refractivity contribution in [2.24, 2.45) is 11.8 Å². The molecule has 1 saturated carbocycles. The lowest BCUT2D eigenvalue weighted by Gasteiger charge is -2.16. The Morgan fingerprint density at radius 1 is 1.45 bits per heavy atom. The van der Waals surface area contributed by atoms with E-state index in [4.69, 9.17) is 5.11 Å². The number of nitrogens with one attached hydrogen (secondary N) is 1. The van der Waals surface area contributed by atoms with E-state index < -0.39 is 0 Å². The van der Waals surface area contributed by atoms with Crippen LogP contribution in [-0.2, 0) is 4.79 Å². The molecule has 1 aliphatic rings. The van der Waals surface area contributed by atoms with E-state index >= 15 is 0 Å². The highest BCUT2D eigenvalue weighted by Gasteiger charge is 2.29. The summed E-state index contributed by atoms with van der Waals surface area (Å²) in [5.41, 5.74) is 2.58. The van der Waals surface area contributed by atoms with E-state index in [1.165, 1.54) is 0 Å². The molecule has 3 heteroatoms. The SMILES string of the molecule is Cc1ccc(C#CCO)c(NC(=O)C2CCCC2C)c1. The van der Waals surface area contributed by atoms with Crippen LogP contribution in [0, 0.1) is 30.6 Å². The summed E-state index contributed by atoms with van der Waals surface area (Å²) in [5.74, 6) is 6.16. The average Bonchev–Trinajstić information content (AvgIpc) is 2.84. The topological polar surface area (TPSA) is 49.3 Å². The number of anilines is 1. The van der Waals surface area contributed by atoms with Crippen molar-refractivity contribution in [2.45, 2.75) is 33.1 Å². The first-order chi connectivity index (χ1) is 9.61. The second-order valence-corrected chi connectivity index (χ2v) is 5.51. The van der Waals surface area contributed by atoms with Crippen molar-refractivity contribution < 1.29 is 9.90 Å². The summed E-state index contributed by atoms with van der Waals surface area (Å²) < 4.78 is 0. The summed E-state index contributed by atoms with van der Waals surface area (Å²) in [4.78, 5) is 12.4. The fraction of sp³-hybridized carbons (Fsp3) is 0.471. The van der Waals surface area contributed by atoms with Gasteiger partial charge in [0.2, 0.25) is 5.91 Å². The highest BCUT2D eigenvalue weighted by Crippen LogP contribution is 2.32. The van der Waals surface area contributed by atoms with Crippen molar-refractivity contribution in [3.63, 3.8) is 0 Å². The van der Waals surface area contributed by atoms with Crippen molar-refractivity contribution in [3.05, 3.63) is 29.3 Å². The maximum atomic E-state index is 12.4. The third-order valence-electron chi connectivity index (χ3n) is 3.93. The van der Waals surface area contributed by atoms with Gasteiger partial charge in [-0.15, -0.1) is 0 Å². The van der Waals surface area contributed by atoms with Gasteiger partial charge in [0.25, 0.3) is 0 Å². The lowest BCUT2D eigenvalue weighted by molar-refractivity contribution is -0.120. The van der Waals surface area contributed by atoms with Gasteiger partial charge in [0.05, 0.1) is 5.69 Å². The van der Waals surface area contributed by atoms with E-state index in [1.54, 1.807) is 0 Å². The summed E-state index contributed by atoms with van der Waals surface area (Å²) >= 11 is 0. The number of aliphatic hydroxyl groups is 1. The maximum Gasteiger partial charge on any atom is 0.227 e. The van der Waals surface area contributed by atoms with E-state index in [0.717, 1.165) is 36.1 Å². The quantitative estimate of drug-likeness (QED) is 0.813. The molecule has 0 aromatic heterocycles. The van der Waals surface area contributed by atoms with Crippen LogP contribution in [0.15, 0.2) is 18.2 Å². The van der Waals surface area contributed by atoms with Gasteiger partial charge in [-0.1, -0.05) is 31.3 Å². The average molecular weight is 271 g/mol. The zero-order valence-corrected chi connectivity index (χ0v) is 12.1. The van der Waals surface area contributed by atoms with Crippen molar-refractivity contribution in [3.8, 4) is 11.8 Å². The lowest BCUT2D eigenvalue weighted by atomic mass is 9.97. The molecule has 106 valence electrons. The molecule has 0 spiro atoms. The summed E-state index contributed by atoms with van der Waals surface area (Å²) in [6.07, 6.45) is 3.23. The Labute approximate surface area is 120 Å². The number of aliphatic hydroxyl groups excluding tert-OH is 1. The largest absolute Gasteiger partial charge is 0.384 e. The Balaban J connectivity index is 2.19. The first kappa shape index (κ1) is 14.6. The van der Waals surface area contributed by atoms with Crippen LogP contribution in [-0.4, -0.2) is 17.6 Å². The Hall–Kier alpha value is -1.79. The predicted molar refractivity (Wildman–Crippen MR) is 80.3 cm³/mol. The first-order valence-electron chi connectivity index (χ1n) is 7.13. The highest BCUT2D eigenvalue weighted by atomic mass is 16.2. The first-order valence-corrected chi connectivity index (χ1v) is 7.13. The van der Waals surface area contributed by atoms with E-state index in [0.29, 0.717) is 5.92 Å². The molecule has 0 radical (unpaired) electrons. The van der Waals surface area contributed by atoms with Gasteiger partial charge in [0, 0.05) is 11.5 Å². The van der Waals surface area contributed by atoms with Crippen molar-refractivity contribution >= 4 is 11.6 Å². The molecule has 0 bridgehead atoms. The third kappa shape index (κ3) is 3.40. The van der Waals surface area contributed by atoms with Gasteiger partial charge < -0.3 is 10.4 Å². The number of benzene rings is 1. The van der Waals surface area contributed by atoms with Gasteiger partial charge in [-0.3, -0.25) is 4.79 Å². The number of carbonyl (C=O) groups excluding carboxylic acids is 1. The second-order valence-electron chi connectivity index (χ2n) is 5.51. The third-order valence-corrected chi connectivity index (χ3v) is 3.93. The van der Waals surface area contributed by atoms with Crippen LogP contribution >= 0.6 is 0 Å². The molecule has 2 unspecified atom stereocenters. The summed E-state index contributed by atoms with van der Waals surface area (Å²) in [6, 6.07) is 5.76. The van der Waals surface area contributed by atoms with E-state index in [2.05, 4.69) is 24.1 Å². The van der Waals surface area contributed by atoms with Crippen LogP contribution in [0.3, 0.4) is 0 Å². The number of aryl methyl sites for hydroxylation is 1. The Kier molecular flexibility index (Phi) is 4.81. The van der Waals surface area contributed by atoms with Gasteiger partial charge in [0.15, 0.2) is 0 Å². The molecule has 0 heterocycles. The Morgan fingerprint density at radius 3 is 2.90 bits per heavy atom. The standard InChI is InChI=1S/C17H21NO2/c1-12-8-9-14(6-4-10-19)16(11-12)18-17(20)15-7-3-5-13(15)2/h8-9,11,13,15,19H,3,5,7,10H2,1-2H3,(H,18,20). The minimum Gasteiger partial charge on any atom is -0.384 e. The molecule has 2 N–H and O–H groups in total. The summed E-state index contributed by atoms with van der Waals surface area (Å²) in [5, 5.41) is 11.8. The Morgan fingerprint density at radius 2 is 2.25 bits per heavy atom. The fourth-order valence-electron chi connectivity index (χ4n) is 2.77. The fourth-order valence-corrected chi connectivity index (χ4v) is 2.77. The highest BCUT2D eigenvalue weighted by molar-refractivity contribution is 5.94. The molecule has 1 fully saturated rings. The lowest BCUT2D eigenvalue weighted by Crippen LogP contribution is -2.25. The zero-order chi connectivity index (χ0) is 14.5. The van der Waals surface area contributed by atoms with Crippen molar-refractivity contribution in [1.82, 2.24) is 0 Å². The van der Waals surface area contributed by atoms with Gasteiger partial charge in [-0.05, 0) is 43.4 Å². The van der Waals surface area contributed by atoms with Gasteiger partial charge in [0.1, 0.15) is 6.61 Å². The van der Waals surface area contributed by atoms with Gasteiger partial charge >= 0.3 is 0 Å². The van der Waals surface area contributed by atoms with Crippen LogP contribution in [0.5, 0.6) is 0 Å². The van der Waals surface area contributed by atoms with Crippen LogP contribution < -0.4 is 5.32 Å². The van der Waals surface area contributed by atoms with E-state index in [-0.39, 0.29) is 18.4 Å². The van der Waals surface area contributed by atoms with Crippen LogP contribution in [0.2, 0.25) is 0 Å². The van der Waals surface area contributed by atoms with E-state index in [9.17, 15) is 4.79 Å². The molecular formula is C17H21NO2. The summed E-state index contributed by atoms with van der Waals surface area (Å²) in [7, 11) is 0. The number of hydrogen-bond acceptors (Lipinski definition) is 2. The number of hydrogen-bond donors (Lipinski definition) is 2. The molecule has 2 rings (SSSR count). The van der Waals surface area contributed by atoms with Crippen LogP contribution in [0.4, 0.5) is 5.69 Å². The molecule has 0 aliphatic heterocycles. The molecule has 1 aromatic carbocycles. The van der Waals surface area contributed by atoms with Gasteiger partial charge in [-0.2, -0.15) is 0 Å². The zero-order valence-electron chi connectivity index (χ0n) is 12.1. The molecule has 3 nitrogen and oxygen atoms in total. The molecule has 1 amide bonds. The van der Waals surface area contributed by atoms with Gasteiger partial charge in [-0.25, -0.2) is 0 Å². The molecule has 20 heavy (non-hydrogen) atoms. The molecule has 2 atom stereocenters. The second kappa shape index (κ2) is 6.58. The van der Waals surface area contributed by atoms with E-state index in [1.807, 2.05) is 25.1 Å². The minimum atomic E-state index is -0.180. The number of rotatable bonds is 2. The van der Waals surface area contributed by atoms with Crippen molar-refractivity contribution in [2.75, 3.05) is 11.9 Å². The molecule has 0 saturated heterocycles. The maximum absolute atomic E-state index is 12.4. The van der Waals surface area contributed by atoms with Crippen LogP contribution in [0.25, 0.3) is 0 Å². The molecular weight excluding hydrogens is 250 g/mol. The summed E-state index contributed by atoms with van der Waals surface area (Å²) in [6.45, 7) is 3.94. The number of amides is 1. The molecule has 1 aliphatic carbocycles. The van der Waals surface area contributed by atoms with Crippen molar-refractivity contribution in [1.29, 1.82) is 0 Å². The number of carbonyl (C=O) groups is 1. The normalized spacial score (nSPS) is 21.1. The monoisotopic (exact) mass is 271 g/mol. The molecule has 1 aromatic rings. The smallest absolute Gasteiger partial charge is 0.227 e.